The number of esters is 5. The third-order valence-corrected chi connectivity index (χ3v) is 23.3. The molecule has 0 saturated heterocycles. The van der Waals surface area contributed by atoms with Crippen molar-refractivity contribution in [1.82, 2.24) is 0 Å². The van der Waals surface area contributed by atoms with Gasteiger partial charge in [-0.15, -0.1) is 0 Å². The predicted octanol–water partition coefficient (Wildman–Crippen LogP) is 23.0. The average molecular weight is 1520 g/mol. The molecule has 0 bridgehead atoms. The maximum atomic E-state index is 13.4. The number of carbonyl (C=O) groups excluding carboxylic acids is 6. The van der Waals surface area contributed by atoms with Crippen molar-refractivity contribution in [2.24, 2.45) is 21.1 Å². The fourth-order valence-electron chi connectivity index (χ4n) is 16.1. The van der Waals surface area contributed by atoms with E-state index in [0.29, 0.717) is 86.5 Å². The van der Waals surface area contributed by atoms with Crippen LogP contribution in [0.4, 0.5) is 0 Å². The summed E-state index contributed by atoms with van der Waals surface area (Å²) in [7, 11) is 1.68. The molecule has 3 aliphatic rings. The van der Waals surface area contributed by atoms with E-state index >= 15 is 0 Å². The molecule has 0 spiro atoms. The Hall–Kier alpha value is -9.18. The van der Waals surface area contributed by atoms with Crippen LogP contribution in [-0.4, -0.2) is 66.4 Å². The number of ether oxygens (including phenoxy) is 6. The van der Waals surface area contributed by atoms with Crippen molar-refractivity contribution >= 4 is 47.1 Å². The van der Waals surface area contributed by atoms with Crippen LogP contribution in [0.25, 0.3) is 0 Å². The second-order valence-corrected chi connectivity index (χ2v) is 31.6. The van der Waals surface area contributed by atoms with Gasteiger partial charge in [-0.1, -0.05) is 201 Å². The highest BCUT2D eigenvalue weighted by Crippen LogP contribution is 2.54. The molecule has 598 valence electrons. The van der Waals surface area contributed by atoms with Gasteiger partial charge in [0.1, 0.15) is 52.5 Å². The summed E-state index contributed by atoms with van der Waals surface area (Å²) in [5.41, 5.74) is 8.44. The van der Waals surface area contributed by atoms with Crippen LogP contribution in [0.1, 0.15) is 298 Å². The molecule has 1 aliphatic carbocycles. The molecule has 6 atom stereocenters. The van der Waals surface area contributed by atoms with Gasteiger partial charge in [-0.05, 0) is 224 Å². The number of methoxy groups -OCH3 is 1. The molecule has 2 heterocycles. The fourth-order valence-corrected chi connectivity index (χ4v) is 16.1. The topological polar surface area (TPSA) is 201 Å². The lowest BCUT2D eigenvalue weighted by Gasteiger charge is -2.42. The van der Waals surface area contributed by atoms with Gasteiger partial charge in [0.2, 0.25) is 0 Å². The van der Waals surface area contributed by atoms with Gasteiger partial charge >= 0.3 is 29.8 Å². The largest absolute Gasteiger partial charge is 0.497 e. The maximum absolute atomic E-state index is 13.4. The summed E-state index contributed by atoms with van der Waals surface area (Å²) in [4.78, 5) is 90.2. The van der Waals surface area contributed by atoms with Crippen LogP contribution in [-0.2, 0) is 59.4 Å². The van der Waals surface area contributed by atoms with Crippen LogP contribution in [0.3, 0.4) is 0 Å². The summed E-state index contributed by atoms with van der Waals surface area (Å²) in [6.07, 6.45) is 26.1. The van der Waals surface area contributed by atoms with Crippen molar-refractivity contribution in [3.8, 4) is 28.7 Å². The zero-order valence-electron chi connectivity index (χ0n) is 68.9. The van der Waals surface area contributed by atoms with Gasteiger partial charge in [-0.2, -0.15) is 0 Å². The van der Waals surface area contributed by atoms with Crippen LogP contribution >= 0.6 is 0 Å². The lowest BCUT2D eigenvalue weighted by atomic mass is 9.59. The molecule has 6 unspecified atom stereocenters. The number of rotatable bonds is 45. The summed E-state index contributed by atoms with van der Waals surface area (Å²) in [5, 5.41) is 10.1. The minimum absolute atomic E-state index is 0.0807. The van der Waals surface area contributed by atoms with E-state index in [2.05, 4.69) is 120 Å². The highest BCUT2D eigenvalue weighted by molar-refractivity contribution is 6.04. The number of nitrogens with zero attached hydrogens (tertiary/aromatic N) is 2. The predicted molar refractivity (Wildman–Crippen MR) is 440 cm³/mol. The van der Waals surface area contributed by atoms with Gasteiger partial charge < -0.3 is 42.9 Å². The number of allylic oxidation sites excluding steroid dienone is 8. The lowest BCUT2D eigenvalue weighted by Crippen LogP contribution is -2.48. The van der Waals surface area contributed by atoms with Crippen molar-refractivity contribution in [2.75, 3.05) is 7.11 Å². The van der Waals surface area contributed by atoms with E-state index in [1.807, 2.05) is 97.1 Å². The van der Waals surface area contributed by atoms with E-state index in [4.69, 9.17) is 48.4 Å². The van der Waals surface area contributed by atoms with E-state index in [1.54, 1.807) is 26.2 Å². The Bertz CT molecular complexity index is 4110. The molecule has 8 rings (SSSR count). The molecular formula is C95H124N2O14. The first-order valence-corrected chi connectivity index (χ1v) is 41.2. The number of unbranched alkanes of at least 4 members (excludes halogenated alkanes) is 5. The van der Waals surface area contributed by atoms with Crippen LogP contribution in [0.2, 0.25) is 0 Å². The van der Waals surface area contributed by atoms with Crippen molar-refractivity contribution in [1.29, 1.82) is 0 Å². The van der Waals surface area contributed by atoms with Gasteiger partial charge in [-0.3, -0.25) is 24.0 Å². The van der Waals surface area contributed by atoms with Gasteiger partial charge in [0.05, 0.1) is 29.4 Å². The summed E-state index contributed by atoms with van der Waals surface area (Å²) in [5.74, 6) is 1.33. The molecule has 0 amide bonds. The molecule has 111 heavy (non-hydrogen) atoms. The Kier molecular flexibility index (Phi) is 33.0. The number of Topliss-reactive ketones (excluding diaryl/α,β-unsaturated/α-hetero) is 1. The summed E-state index contributed by atoms with van der Waals surface area (Å²) >= 11 is 0. The second kappa shape index (κ2) is 41.9. The Morgan fingerprint density at radius 1 is 0.423 bits per heavy atom. The standard InChI is InChI=1S/C95H124N2O14/c1-15-21-65-94(72-43-51-76(104-14)52-44-72,89-92(12,19-5)82(110-96-89)63-37-67(7)29-17-3)73-45-57-80(58-46-73)108-87(102)35-27-25-33-85(100)105-77-53-39-70(40-54-77)91(10,11)71-41-55-78(56-42-71)106-86(101)34-26-28-36-88(103)109-81-61-49-75(50-62-81)95(66-22-16-2,90-93(13,20-6)83(111-97-90)64-38-68(8)30-18-4)74-47-59-79(60-48-74)107-84(99)32-24-23-31-69(9)98/h29-30,39,41-53,55-62,82-83H,15-28,31-38,40,54,63-66H2,1-14H3/b67-29-,68-30-. The van der Waals surface area contributed by atoms with E-state index in [0.717, 1.165) is 140 Å². The Morgan fingerprint density at radius 3 is 1.05 bits per heavy atom. The highest BCUT2D eigenvalue weighted by atomic mass is 16.7. The number of ketones is 1. The van der Waals surface area contributed by atoms with Crippen molar-refractivity contribution < 1.29 is 66.9 Å². The highest BCUT2D eigenvalue weighted by Gasteiger charge is 2.56. The molecule has 0 N–H and O–H groups in total. The molecule has 0 radical (unpaired) electrons. The van der Waals surface area contributed by atoms with Gasteiger partial charge in [0, 0.05) is 61.2 Å². The third kappa shape index (κ3) is 22.8. The normalized spacial score (nSPS) is 18.9. The fraction of sp³-hybridized carbons (Fsp3) is 0.516. The first-order valence-electron chi connectivity index (χ1n) is 41.2. The monoisotopic (exact) mass is 1520 g/mol. The van der Waals surface area contributed by atoms with Crippen LogP contribution in [0.15, 0.2) is 178 Å². The van der Waals surface area contributed by atoms with Crippen LogP contribution in [0, 0.1) is 10.8 Å². The summed E-state index contributed by atoms with van der Waals surface area (Å²) in [6, 6.07) is 39.1. The molecular weight excluding hydrogens is 1390 g/mol. The third-order valence-electron chi connectivity index (χ3n) is 23.3. The Balaban J connectivity index is 0.795. The van der Waals surface area contributed by atoms with Gasteiger partial charge in [0.15, 0.2) is 0 Å². The lowest BCUT2D eigenvalue weighted by molar-refractivity contribution is -0.140. The van der Waals surface area contributed by atoms with E-state index in [1.165, 1.54) is 11.1 Å². The maximum Gasteiger partial charge on any atom is 0.311 e. The molecule has 16 heteroatoms. The molecule has 5 aromatic carbocycles. The number of hydrogen-bond acceptors (Lipinski definition) is 16. The first kappa shape index (κ1) is 87.4. The van der Waals surface area contributed by atoms with Crippen molar-refractivity contribution in [3.63, 3.8) is 0 Å². The SMILES string of the molecule is CC/C=C(/C)CCC1ON=C(C(CCCC)(c2ccc(OC)cc2)c2ccc(OC(=O)CCCCC(=O)OC3=CC=C(C(C)(C)c4ccc(OC(=O)CCCCC(=O)Oc5ccc(C(CCCC)(C6=NOC(CC/C(C)=C\CC)C6(C)CC)c6ccc(OC(=O)CCCCC(C)=O)cc6)cc5)cc4)CC3)cc2)C1(C)CC. The number of carbonyl (C=O) groups is 6. The molecule has 2 aliphatic heterocycles. The van der Waals surface area contributed by atoms with Gasteiger partial charge in [-0.25, -0.2) is 0 Å². The zero-order valence-corrected chi connectivity index (χ0v) is 68.9. The smallest absolute Gasteiger partial charge is 0.311 e. The number of oxime groups is 2. The summed E-state index contributed by atoms with van der Waals surface area (Å²) in [6.45, 7) is 27.9. The average Bonchev–Trinajstić information content (AvgIpc) is 1.64. The van der Waals surface area contributed by atoms with E-state index < -0.39 is 28.2 Å². The minimum atomic E-state index is -0.749. The number of benzene rings is 5. The molecule has 0 aromatic heterocycles. The molecule has 0 fully saturated rings. The quantitative estimate of drug-likeness (QED) is 0.0154. The van der Waals surface area contributed by atoms with Crippen LogP contribution in [0.5, 0.6) is 28.7 Å². The first-order chi connectivity index (χ1) is 53.3. The zero-order chi connectivity index (χ0) is 80.2. The van der Waals surface area contributed by atoms with Crippen molar-refractivity contribution in [3.05, 3.63) is 196 Å². The summed E-state index contributed by atoms with van der Waals surface area (Å²) < 4.78 is 34.8. The Morgan fingerprint density at radius 2 is 0.748 bits per heavy atom. The van der Waals surface area contributed by atoms with E-state index in [9.17, 15) is 28.8 Å². The van der Waals surface area contributed by atoms with Gasteiger partial charge in [0.25, 0.3) is 0 Å². The number of hydrogen-bond donors (Lipinski definition) is 0. The molecule has 16 nitrogen and oxygen atoms in total. The molecule has 5 aromatic rings. The van der Waals surface area contributed by atoms with Crippen LogP contribution < -0.4 is 23.7 Å². The Labute approximate surface area is 661 Å². The second-order valence-electron chi connectivity index (χ2n) is 31.6. The minimum Gasteiger partial charge on any atom is -0.497 e. The van der Waals surface area contributed by atoms with Crippen molar-refractivity contribution in [2.45, 2.75) is 298 Å². The van der Waals surface area contributed by atoms with E-state index in [-0.39, 0.29) is 78.8 Å². The molecule has 0 saturated carbocycles.